The molecular weight excluding hydrogens is 366 g/mol. The number of fused-ring (bicyclic) bond motifs is 2. The monoisotopic (exact) mass is 389 g/mol. The number of nitrogens with zero attached hydrogens (tertiary/aromatic N) is 1. The van der Waals surface area contributed by atoms with Crippen LogP contribution in [0.3, 0.4) is 0 Å². The normalized spacial score (nSPS) is 23.7. The van der Waals surface area contributed by atoms with Crippen LogP contribution in [0.15, 0.2) is 18.2 Å². The van der Waals surface area contributed by atoms with Gasteiger partial charge in [0.15, 0.2) is 12.9 Å². The number of carbonyl (C=O) groups is 3. The van der Waals surface area contributed by atoms with Gasteiger partial charge in [-0.2, -0.15) is 0 Å². The van der Waals surface area contributed by atoms with Crippen LogP contribution in [0.1, 0.15) is 43.0 Å². The molecule has 2 aliphatic rings. The molecule has 2 saturated carbocycles. The van der Waals surface area contributed by atoms with Crippen LogP contribution < -0.4 is 15.4 Å². The summed E-state index contributed by atoms with van der Waals surface area (Å²) < 4.78 is 5.22. The van der Waals surface area contributed by atoms with Gasteiger partial charge in [-0.1, -0.05) is 6.42 Å². The lowest BCUT2D eigenvalue weighted by Crippen LogP contribution is -2.48. The molecule has 0 spiro atoms. The summed E-state index contributed by atoms with van der Waals surface area (Å²) in [5.41, 5.74) is -0.302. The highest BCUT2D eigenvalue weighted by Gasteiger charge is 2.42. The molecule has 4 unspecified atom stereocenters. The van der Waals surface area contributed by atoms with Gasteiger partial charge in [-0.25, -0.2) is 4.79 Å². The van der Waals surface area contributed by atoms with Gasteiger partial charge in [0, 0.05) is 18.2 Å². The van der Waals surface area contributed by atoms with Crippen LogP contribution >= 0.6 is 0 Å². The van der Waals surface area contributed by atoms with Gasteiger partial charge >= 0.3 is 6.03 Å². The summed E-state index contributed by atoms with van der Waals surface area (Å²) >= 11 is 0. The molecule has 1 aromatic carbocycles. The molecule has 150 valence electrons. The highest BCUT2D eigenvalue weighted by molar-refractivity contribution is 5.95. The Morgan fingerprint density at radius 3 is 2.75 bits per heavy atom. The Labute approximate surface area is 162 Å². The highest BCUT2D eigenvalue weighted by Crippen LogP contribution is 2.49. The summed E-state index contributed by atoms with van der Waals surface area (Å²) in [5, 5.41) is 15.8. The first-order valence-corrected chi connectivity index (χ1v) is 9.34. The minimum atomic E-state index is -0.673. The van der Waals surface area contributed by atoms with Crippen molar-refractivity contribution in [3.8, 4) is 5.75 Å². The van der Waals surface area contributed by atoms with Crippen molar-refractivity contribution in [2.45, 2.75) is 38.6 Å². The van der Waals surface area contributed by atoms with Crippen LogP contribution in [0, 0.1) is 27.9 Å². The highest BCUT2D eigenvalue weighted by atomic mass is 16.6. The molecule has 0 aliphatic heterocycles. The average Bonchev–Trinajstić information content (AvgIpc) is 3.29. The number of aldehydes is 1. The second-order valence-electron chi connectivity index (χ2n) is 7.53. The molecule has 0 aromatic heterocycles. The number of urea groups is 1. The number of nitro groups is 1. The fourth-order valence-corrected chi connectivity index (χ4v) is 4.44. The summed E-state index contributed by atoms with van der Waals surface area (Å²) in [6, 6.07) is 2.88. The van der Waals surface area contributed by atoms with E-state index in [0.29, 0.717) is 18.1 Å². The molecular formula is C19H23N3O6. The Morgan fingerprint density at radius 1 is 1.36 bits per heavy atom. The van der Waals surface area contributed by atoms with E-state index >= 15 is 0 Å². The fraction of sp³-hybridized carbons (Fsp3) is 0.526. The maximum Gasteiger partial charge on any atom is 0.321 e. The zero-order valence-electron chi connectivity index (χ0n) is 15.6. The average molecular weight is 389 g/mol. The van der Waals surface area contributed by atoms with E-state index in [1.165, 1.54) is 31.4 Å². The molecule has 3 rings (SSSR count). The van der Waals surface area contributed by atoms with Crippen molar-refractivity contribution in [3.63, 3.8) is 0 Å². The molecule has 2 bridgehead atoms. The number of rotatable bonds is 7. The van der Waals surface area contributed by atoms with E-state index in [4.69, 9.17) is 4.74 Å². The maximum absolute atomic E-state index is 12.1. The molecule has 0 heterocycles. The molecule has 2 N–H and O–H groups in total. The van der Waals surface area contributed by atoms with Crippen molar-refractivity contribution in [3.05, 3.63) is 33.9 Å². The SMILES string of the molecule is CC(NC(=O)NC(=O)COc1ccc([N+](=O)[O-])cc1C=O)C1CC2CCC1C2. The summed E-state index contributed by atoms with van der Waals surface area (Å²) in [4.78, 5) is 45.1. The van der Waals surface area contributed by atoms with Crippen LogP contribution in [0.2, 0.25) is 0 Å². The lowest BCUT2D eigenvalue weighted by atomic mass is 9.84. The summed E-state index contributed by atoms with van der Waals surface area (Å²) in [5.74, 6) is 1.24. The fourth-order valence-electron chi connectivity index (χ4n) is 4.44. The van der Waals surface area contributed by atoms with E-state index in [0.717, 1.165) is 18.4 Å². The Bertz CT molecular complexity index is 796. The van der Waals surface area contributed by atoms with Gasteiger partial charge in [0.25, 0.3) is 11.6 Å². The number of imide groups is 1. The standard InChI is InChI=1S/C19H23N3O6/c1-11(16-7-12-2-3-13(16)6-12)20-19(25)21-18(24)10-28-17-5-4-15(22(26)27)8-14(17)9-23/h4-5,8-9,11-13,16H,2-3,6-7,10H2,1H3,(H2,20,21,24,25). The Hall–Kier alpha value is -2.97. The van der Waals surface area contributed by atoms with Gasteiger partial charge < -0.3 is 10.1 Å². The van der Waals surface area contributed by atoms with Gasteiger partial charge in [-0.05, 0) is 50.0 Å². The predicted octanol–water partition coefficient (Wildman–Crippen LogP) is 2.44. The van der Waals surface area contributed by atoms with Crippen molar-refractivity contribution in [1.82, 2.24) is 10.6 Å². The van der Waals surface area contributed by atoms with E-state index in [2.05, 4.69) is 10.6 Å². The molecule has 1 aromatic rings. The maximum atomic E-state index is 12.1. The topological polar surface area (TPSA) is 128 Å². The third-order valence-corrected chi connectivity index (χ3v) is 5.74. The van der Waals surface area contributed by atoms with Crippen LogP contribution in [0.25, 0.3) is 0 Å². The van der Waals surface area contributed by atoms with Crippen LogP contribution in [0.4, 0.5) is 10.5 Å². The zero-order chi connectivity index (χ0) is 20.3. The number of benzene rings is 1. The summed E-state index contributed by atoms with van der Waals surface area (Å²) in [6.07, 6.45) is 5.26. The van der Waals surface area contributed by atoms with Gasteiger partial charge in [0.05, 0.1) is 10.5 Å². The van der Waals surface area contributed by atoms with Crippen molar-refractivity contribution in [2.75, 3.05) is 6.61 Å². The second kappa shape index (κ2) is 8.37. The third-order valence-electron chi connectivity index (χ3n) is 5.74. The lowest BCUT2D eigenvalue weighted by Gasteiger charge is -2.28. The minimum absolute atomic E-state index is 0.0136. The predicted molar refractivity (Wildman–Crippen MR) is 99.1 cm³/mol. The van der Waals surface area contributed by atoms with E-state index in [1.54, 1.807) is 0 Å². The molecule has 0 radical (unpaired) electrons. The van der Waals surface area contributed by atoms with Crippen molar-refractivity contribution in [1.29, 1.82) is 0 Å². The quantitative estimate of drug-likeness (QED) is 0.419. The van der Waals surface area contributed by atoms with E-state index in [-0.39, 0.29) is 23.0 Å². The Kier molecular flexibility index (Phi) is 5.91. The lowest BCUT2D eigenvalue weighted by molar-refractivity contribution is -0.384. The zero-order valence-corrected chi connectivity index (χ0v) is 15.6. The van der Waals surface area contributed by atoms with Gasteiger partial charge in [-0.15, -0.1) is 0 Å². The molecule has 2 aliphatic carbocycles. The molecule has 28 heavy (non-hydrogen) atoms. The molecule has 2 fully saturated rings. The number of hydrogen-bond donors (Lipinski definition) is 2. The first-order chi connectivity index (χ1) is 13.4. The van der Waals surface area contributed by atoms with Gasteiger partial charge in [0.1, 0.15) is 5.75 Å². The van der Waals surface area contributed by atoms with Crippen LogP contribution in [-0.2, 0) is 4.79 Å². The molecule has 0 saturated heterocycles. The first kappa shape index (κ1) is 19.8. The Morgan fingerprint density at radius 2 is 2.14 bits per heavy atom. The first-order valence-electron chi connectivity index (χ1n) is 9.34. The number of non-ortho nitro benzene ring substituents is 1. The number of carbonyl (C=O) groups excluding carboxylic acids is 3. The smallest absolute Gasteiger partial charge is 0.321 e. The van der Waals surface area contributed by atoms with Crippen molar-refractivity contribution >= 4 is 23.9 Å². The van der Waals surface area contributed by atoms with Crippen LogP contribution in [0.5, 0.6) is 5.75 Å². The number of amides is 3. The van der Waals surface area contributed by atoms with Gasteiger partial charge in [0.2, 0.25) is 0 Å². The molecule has 3 amide bonds. The number of nitro benzene ring substituents is 1. The summed E-state index contributed by atoms with van der Waals surface area (Å²) in [7, 11) is 0. The summed E-state index contributed by atoms with van der Waals surface area (Å²) in [6.45, 7) is 1.47. The number of nitrogens with one attached hydrogen (secondary N) is 2. The molecule has 9 heteroatoms. The number of ether oxygens (including phenoxy) is 1. The van der Waals surface area contributed by atoms with E-state index < -0.39 is 23.5 Å². The number of hydrogen-bond acceptors (Lipinski definition) is 6. The minimum Gasteiger partial charge on any atom is -0.483 e. The largest absolute Gasteiger partial charge is 0.483 e. The Balaban J connectivity index is 1.47. The second-order valence-corrected chi connectivity index (χ2v) is 7.53. The van der Waals surface area contributed by atoms with Crippen molar-refractivity contribution < 1.29 is 24.0 Å². The van der Waals surface area contributed by atoms with E-state index in [1.807, 2.05) is 6.92 Å². The van der Waals surface area contributed by atoms with Gasteiger partial charge in [-0.3, -0.25) is 25.0 Å². The molecule has 9 nitrogen and oxygen atoms in total. The van der Waals surface area contributed by atoms with Crippen LogP contribution in [-0.4, -0.2) is 35.8 Å². The third kappa shape index (κ3) is 4.47. The van der Waals surface area contributed by atoms with E-state index in [9.17, 15) is 24.5 Å². The molecule has 4 atom stereocenters. The van der Waals surface area contributed by atoms with Crippen molar-refractivity contribution in [2.24, 2.45) is 17.8 Å².